The van der Waals surface area contributed by atoms with Gasteiger partial charge >= 0.3 is 0 Å². The van der Waals surface area contributed by atoms with E-state index in [1.54, 1.807) is 18.3 Å². The van der Waals surface area contributed by atoms with E-state index < -0.39 is 5.60 Å². The average molecular weight is 437 g/mol. The van der Waals surface area contributed by atoms with E-state index in [1.165, 1.54) is 0 Å². The lowest BCUT2D eigenvalue weighted by atomic mass is 9.77. The molecule has 2 aliphatic rings. The highest BCUT2D eigenvalue weighted by Gasteiger charge is 2.40. The number of pyridine rings is 1. The van der Waals surface area contributed by atoms with Gasteiger partial charge < -0.3 is 15.7 Å². The maximum Gasteiger partial charge on any atom is 0.251 e. The maximum absolute atomic E-state index is 12.2. The van der Waals surface area contributed by atoms with E-state index in [0.717, 1.165) is 55.6 Å². The fourth-order valence-electron chi connectivity index (χ4n) is 4.63. The van der Waals surface area contributed by atoms with Gasteiger partial charge in [0.1, 0.15) is 0 Å². The van der Waals surface area contributed by atoms with E-state index in [-0.39, 0.29) is 24.4 Å². The van der Waals surface area contributed by atoms with E-state index >= 15 is 0 Å². The van der Waals surface area contributed by atoms with Crippen LogP contribution >= 0.6 is 0 Å². The molecule has 7 nitrogen and oxygen atoms in total. The minimum absolute atomic E-state index is 0.0236. The number of nitrogens with zero attached hydrogens (tertiary/aromatic N) is 2. The van der Waals surface area contributed by atoms with Crippen molar-refractivity contribution in [3.63, 3.8) is 0 Å². The third-order valence-corrected chi connectivity index (χ3v) is 6.75. The summed E-state index contributed by atoms with van der Waals surface area (Å²) in [6, 6.07) is 11.7. The summed E-state index contributed by atoms with van der Waals surface area (Å²) in [6.07, 6.45) is 5.10. The molecule has 0 unspecified atom stereocenters. The molecule has 3 N–H and O–H groups in total. The smallest absolute Gasteiger partial charge is 0.251 e. The third kappa shape index (κ3) is 5.16. The van der Waals surface area contributed by atoms with Crippen molar-refractivity contribution in [2.75, 3.05) is 19.6 Å². The van der Waals surface area contributed by atoms with Gasteiger partial charge in [0.25, 0.3) is 5.91 Å². The Bertz CT molecular complexity index is 944. The monoisotopic (exact) mass is 436 g/mol. The van der Waals surface area contributed by atoms with Crippen LogP contribution in [0.15, 0.2) is 42.6 Å². The number of amides is 2. The van der Waals surface area contributed by atoms with Gasteiger partial charge in [-0.05, 0) is 57.7 Å². The van der Waals surface area contributed by atoms with Gasteiger partial charge in [-0.2, -0.15) is 0 Å². The highest BCUT2D eigenvalue weighted by Crippen LogP contribution is 2.39. The number of benzene rings is 1. The zero-order valence-corrected chi connectivity index (χ0v) is 18.8. The van der Waals surface area contributed by atoms with Gasteiger partial charge in [0.2, 0.25) is 5.91 Å². The quantitative estimate of drug-likeness (QED) is 0.644. The molecule has 1 aliphatic carbocycles. The molecule has 2 aromatic rings. The van der Waals surface area contributed by atoms with Crippen molar-refractivity contribution in [1.29, 1.82) is 0 Å². The Labute approximate surface area is 189 Å². The van der Waals surface area contributed by atoms with Gasteiger partial charge in [-0.1, -0.05) is 23.8 Å². The van der Waals surface area contributed by atoms with Gasteiger partial charge in [0, 0.05) is 42.1 Å². The van der Waals surface area contributed by atoms with E-state index in [2.05, 4.69) is 20.5 Å². The highest BCUT2D eigenvalue weighted by molar-refractivity contribution is 5.96. The Hall–Kier alpha value is -2.77. The first-order valence-corrected chi connectivity index (χ1v) is 11.4. The molecule has 2 amide bonds. The Morgan fingerprint density at radius 2 is 1.78 bits per heavy atom. The van der Waals surface area contributed by atoms with Crippen LogP contribution in [0.25, 0.3) is 0 Å². The molecule has 2 fully saturated rings. The Morgan fingerprint density at radius 3 is 2.41 bits per heavy atom. The fraction of sp³-hybridized carbons (Fsp3) is 0.480. The highest BCUT2D eigenvalue weighted by atomic mass is 16.3. The summed E-state index contributed by atoms with van der Waals surface area (Å²) in [5.74, 6) is -0.408. The lowest BCUT2D eigenvalue weighted by Crippen LogP contribution is -2.63. The topological polar surface area (TPSA) is 94.6 Å². The van der Waals surface area contributed by atoms with Gasteiger partial charge in [0.15, 0.2) is 0 Å². The maximum atomic E-state index is 12.2. The minimum atomic E-state index is -0.786. The van der Waals surface area contributed by atoms with Crippen LogP contribution in [0.3, 0.4) is 0 Å². The predicted molar refractivity (Wildman–Crippen MR) is 122 cm³/mol. The summed E-state index contributed by atoms with van der Waals surface area (Å²) in [6.45, 7) is 5.51. The lowest BCUT2D eigenvalue weighted by molar-refractivity contribution is -0.122. The molecule has 4 rings (SSSR count). The van der Waals surface area contributed by atoms with Crippen molar-refractivity contribution in [3.05, 3.63) is 65.0 Å². The average Bonchev–Trinajstić information content (AvgIpc) is 2.76. The van der Waals surface area contributed by atoms with E-state index in [9.17, 15) is 14.7 Å². The molecule has 2 heterocycles. The zero-order valence-electron chi connectivity index (χ0n) is 18.8. The molecule has 0 bridgehead atoms. The largest absolute Gasteiger partial charge is 0.385 e. The first-order valence-electron chi connectivity index (χ1n) is 11.4. The summed E-state index contributed by atoms with van der Waals surface area (Å²) in [7, 11) is 0. The molecular formula is C25H32N4O3. The van der Waals surface area contributed by atoms with Crippen LogP contribution in [0.2, 0.25) is 0 Å². The van der Waals surface area contributed by atoms with Crippen LogP contribution in [-0.2, 0) is 10.4 Å². The number of nitrogens with one attached hydrogen (secondary N) is 2. The first kappa shape index (κ1) is 22.4. The summed E-state index contributed by atoms with van der Waals surface area (Å²) in [4.78, 5) is 31.0. The Balaban J connectivity index is 1.16. The third-order valence-electron chi connectivity index (χ3n) is 6.75. The van der Waals surface area contributed by atoms with Crippen LogP contribution in [-0.4, -0.2) is 58.5 Å². The van der Waals surface area contributed by atoms with E-state index in [4.69, 9.17) is 0 Å². The molecule has 1 saturated heterocycles. The number of likely N-dealkylation sites (tertiary alicyclic amines) is 1. The summed E-state index contributed by atoms with van der Waals surface area (Å²) in [5.41, 5.74) is 2.71. The van der Waals surface area contributed by atoms with Crippen LogP contribution in [0.1, 0.15) is 52.9 Å². The van der Waals surface area contributed by atoms with Crippen molar-refractivity contribution in [2.45, 2.75) is 57.2 Å². The Kier molecular flexibility index (Phi) is 6.58. The number of carbonyl (C=O) groups excluding carboxylic acids is 2. The Morgan fingerprint density at radius 1 is 1.09 bits per heavy atom. The molecule has 1 aromatic carbocycles. The number of aromatic nitrogens is 1. The second-order valence-electron chi connectivity index (χ2n) is 9.22. The summed E-state index contributed by atoms with van der Waals surface area (Å²) < 4.78 is 0. The lowest BCUT2D eigenvalue weighted by Gasteiger charge is -2.48. The predicted octanol–water partition coefficient (Wildman–Crippen LogP) is 2.06. The molecule has 0 radical (unpaired) electrons. The van der Waals surface area contributed by atoms with Gasteiger partial charge in [-0.25, -0.2) is 0 Å². The molecule has 7 heteroatoms. The fourth-order valence-corrected chi connectivity index (χ4v) is 4.63. The van der Waals surface area contributed by atoms with Crippen molar-refractivity contribution in [1.82, 2.24) is 20.5 Å². The molecule has 1 aliphatic heterocycles. The van der Waals surface area contributed by atoms with Crippen LogP contribution in [0.5, 0.6) is 0 Å². The van der Waals surface area contributed by atoms with Crippen LogP contribution in [0, 0.1) is 13.8 Å². The van der Waals surface area contributed by atoms with Crippen molar-refractivity contribution in [3.8, 4) is 0 Å². The molecular weight excluding hydrogens is 404 g/mol. The number of aliphatic hydroxyl groups is 1. The van der Waals surface area contributed by atoms with E-state index in [0.29, 0.717) is 11.6 Å². The van der Waals surface area contributed by atoms with Crippen LogP contribution < -0.4 is 10.6 Å². The second kappa shape index (κ2) is 9.38. The molecule has 32 heavy (non-hydrogen) atoms. The number of aryl methyl sites for hydroxylation is 2. The standard InChI is InChI=1S/C25H32N4O3/c1-17-3-6-19(7-4-17)24(31)27-14-23(30)28-21-15-29(16-21)22-9-11-25(32,12-10-22)20-8-5-18(2)26-13-20/h3-8,13,21-22,32H,9-12,14-16H2,1-2H3,(H,27,31)(H,28,30). The van der Waals surface area contributed by atoms with E-state index in [1.807, 2.05) is 38.1 Å². The molecule has 1 saturated carbocycles. The van der Waals surface area contributed by atoms with Crippen molar-refractivity contribution < 1.29 is 14.7 Å². The zero-order chi connectivity index (χ0) is 22.7. The number of rotatable bonds is 6. The van der Waals surface area contributed by atoms with Gasteiger partial charge in [0.05, 0.1) is 18.2 Å². The molecule has 0 atom stereocenters. The number of hydrogen-bond donors (Lipinski definition) is 3. The first-order chi connectivity index (χ1) is 15.3. The molecule has 0 spiro atoms. The summed E-state index contributed by atoms with van der Waals surface area (Å²) in [5, 5.41) is 16.7. The molecule has 1 aromatic heterocycles. The second-order valence-corrected chi connectivity index (χ2v) is 9.22. The minimum Gasteiger partial charge on any atom is -0.385 e. The van der Waals surface area contributed by atoms with Crippen molar-refractivity contribution >= 4 is 11.8 Å². The summed E-state index contributed by atoms with van der Waals surface area (Å²) >= 11 is 0. The van der Waals surface area contributed by atoms with Gasteiger partial charge in [-0.3, -0.25) is 19.5 Å². The number of hydrogen-bond acceptors (Lipinski definition) is 5. The molecule has 170 valence electrons. The van der Waals surface area contributed by atoms with Gasteiger partial charge in [-0.15, -0.1) is 0 Å². The SMILES string of the molecule is Cc1ccc(C(=O)NCC(=O)NC2CN(C3CCC(O)(c4ccc(C)nc4)CC3)C2)cc1. The van der Waals surface area contributed by atoms with Crippen LogP contribution in [0.4, 0.5) is 0 Å². The number of carbonyl (C=O) groups is 2. The normalized spacial score (nSPS) is 23.9. The van der Waals surface area contributed by atoms with Crippen molar-refractivity contribution in [2.24, 2.45) is 0 Å².